The lowest BCUT2D eigenvalue weighted by molar-refractivity contribution is -0.150. The van der Waals surface area contributed by atoms with Crippen LogP contribution in [-0.2, 0) is 42.9 Å². The summed E-state index contributed by atoms with van der Waals surface area (Å²) in [6.07, 6.45) is 6.69. The number of hydrogen-bond donors (Lipinski definition) is 4. The van der Waals surface area contributed by atoms with E-state index in [1.54, 1.807) is 61.5 Å². The van der Waals surface area contributed by atoms with E-state index < -0.39 is 29.8 Å². The first kappa shape index (κ1) is 59.0. The van der Waals surface area contributed by atoms with Crippen LogP contribution in [0.2, 0.25) is 0 Å². The minimum absolute atomic E-state index is 0.00577. The van der Waals surface area contributed by atoms with E-state index in [0.29, 0.717) is 33.8 Å². The molecule has 4 aromatic rings. The molecule has 0 aliphatic heterocycles. The van der Waals surface area contributed by atoms with Crippen LogP contribution in [0.4, 0.5) is 34.9 Å². The van der Waals surface area contributed by atoms with Crippen LogP contribution in [0.5, 0.6) is 5.75 Å². The van der Waals surface area contributed by atoms with Gasteiger partial charge in [0.2, 0.25) is 17.8 Å². The van der Waals surface area contributed by atoms with Crippen molar-refractivity contribution in [2.24, 2.45) is 22.2 Å². The zero-order valence-corrected chi connectivity index (χ0v) is 45.0. The molecule has 0 spiro atoms. The van der Waals surface area contributed by atoms with Gasteiger partial charge in [0.05, 0.1) is 26.4 Å². The molecule has 0 aliphatic rings. The van der Waals surface area contributed by atoms with Gasteiger partial charge in [-0.1, -0.05) is 126 Å². The average Bonchev–Trinajstić information content (AvgIpc) is 3.32. The maximum absolute atomic E-state index is 13.2. The molecule has 0 fully saturated rings. The van der Waals surface area contributed by atoms with Gasteiger partial charge >= 0.3 is 29.8 Å². The molecule has 0 saturated heterocycles. The number of esters is 5. The summed E-state index contributed by atoms with van der Waals surface area (Å²) in [7, 11) is 0. The minimum atomic E-state index is -0.853. The lowest BCUT2D eigenvalue weighted by atomic mass is 9.98. The van der Waals surface area contributed by atoms with Gasteiger partial charge in [0.1, 0.15) is 29.1 Å². The molecule has 17 heteroatoms. The number of unbranched alkanes of at least 4 members (excludes halogenated alkanes) is 1. The maximum Gasteiger partial charge on any atom is 0.345 e. The number of aromatic nitrogens is 3. The molecule has 17 nitrogen and oxygen atoms in total. The Balaban J connectivity index is 1.67. The summed E-state index contributed by atoms with van der Waals surface area (Å²) in [5.74, 6) is -3.81. The highest BCUT2D eigenvalue weighted by molar-refractivity contribution is 6.18. The number of rotatable bonds is 24. The van der Waals surface area contributed by atoms with E-state index in [1.807, 2.05) is 62.3 Å². The van der Waals surface area contributed by atoms with Crippen LogP contribution in [0.25, 0.3) is 12.2 Å². The molecule has 3 aromatic carbocycles. The topological polar surface area (TPSA) is 226 Å². The van der Waals surface area contributed by atoms with Crippen LogP contribution in [0.3, 0.4) is 0 Å². The van der Waals surface area contributed by atoms with Crippen molar-refractivity contribution in [1.82, 2.24) is 15.0 Å². The molecule has 0 bridgehead atoms. The zero-order chi connectivity index (χ0) is 54.8. The van der Waals surface area contributed by atoms with Crippen LogP contribution in [-0.4, -0.2) is 82.9 Å². The van der Waals surface area contributed by atoms with Crippen molar-refractivity contribution < 1.29 is 52.8 Å². The van der Waals surface area contributed by atoms with Crippen molar-refractivity contribution in [3.05, 3.63) is 107 Å². The lowest BCUT2D eigenvalue weighted by Crippen LogP contribution is -2.25. The molecule has 0 amide bonds. The number of benzene rings is 3. The summed E-state index contributed by atoms with van der Waals surface area (Å²) in [6.45, 7) is 27.2. The molecule has 0 aliphatic carbocycles. The van der Waals surface area contributed by atoms with Crippen molar-refractivity contribution in [2.75, 3.05) is 49.0 Å². The van der Waals surface area contributed by atoms with Gasteiger partial charge in [-0.05, 0) is 101 Å². The predicted octanol–water partition coefficient (Wildman–Crippen LogP) is 11.8. The van der Waals surface area contributed by atoms with E-state index in [2.05, 4.69) is 51.3 Å². The van der Waals surface area contributed by atoms with E-state index in [-0.39, 0.29) is 95.5 Å². The highest BCUT2D eigenvalue weighted by Gasteiger charge is 2.27. The molecule has 0 radical (unpaired) electrons. The minimum Gasteiger partial charge on any atom is -0.507 e. The summed E-state index contributed by atoms with van der Waals surface area (Å²) in [5.41, 5.74) is 1.44. The SMILES string of the molecule is C=C(C)COC(=O)/C(=C\c1ccc(Nc2nc(Nc3ccc(C=C(C(=O)OCC(C)(C)C)C(=O)OCC(C)(C)C)cc3)nc(Nc3ccc(C(=O)OCC(CC)CCCC)c(O)c3)n2)cc1)C(=O)OCC(C)(C)C. The van der Waals surface area contributed by atoms with E-state index in [0.717, 1.165) is 25.7 Å². The molecule has 4 N–H and O–H groups in total. The number of ether oxygens (including phenoxy) is 5. The third kappa shape index (κ3) is 20.9. The number of aromatic hydroxyl groups is 1. The van der Waals surface area contributed by atoms with Gasteiger partial charge in [-0.3, -0.25) is 0 Å². The average molecular weight is 1020 g/mol. The van der Waals surface area contributed by atoms with Gasteiger partial charge in [0.25, 0.3) is 0 Å². The van der Waals surface area contributed by atoms with Crippen LogP contribution >= 0.6 is 0 Å². The molecule has 1 atom stereocenters. The highest BCUT2D eigenvalue weighted by Crippen LogP contribution is 2.28. The van der Waals surface area contributed by atoms with E-state index >= 15 is 0 Å². The van der Waals surface area contributed by atoms with Crippen LogP contribution < -0.4 is 16.0 Å². The number of nitrogens with zero attached hydrogens (tertiary/aromatic N) is 3. The molecule has 1 heterocycles. The van der Waals surface area contributed by atoms with Gasteiger partial charge in [-0.25, -0.2) is 24.0 Å². The third-order valence-corrected chi connectivity index (χ3v) is 10.3. The monoisotopic (exact) mass is 1020 g/mol. The number of carbonyl (C=O) groups is 5. The fourth-order valence-electron chi connectivity index (χ4n) is 6.29. The number of phenolic OH excluding ortho intramolecular Hbond substituents is 1. The molecular weight excluding hydrogens is 945 g/mol. The number of anilines is 6. The molecule has 1 unspecified atom stereocenters. The van der Waals surface area contributed by atoms with E-state index in [4.69, 9.17) is 23.7 Å². The van der Waals surface area contributed by atoms with Gasteiger partial charge < -0.3 is 44.7 Å². The van der Waals surface area contributed by atoms with E-state index in [1.165, 1.54) is 24.3 Å². The largest absolute Gasteiger partial charge is 0.507 e. The van der Waals surface area contributed by atoms with Crippen molar-refractivity contribution in [1.29, 1.82) is 0 Å². The van der Waals surface area contributed by atoms with Crippen molar-refractivity contribution in [2.45, 2.75) is 109 Å². The molecule has 4 rings (SSSR count). The second-order valence-corrected chi connectivity index (χ2v) is 21.7. The van der Waals surface area contributed by atoms with Gasteiger partial charge in [0.15, 0.2) is 0 Å². The molecule has 1 aromatic heterocycles. The second-order valence-electron chi connectivity index (χ2n) is 21.7. The quantitative estimate of drug-likeness (QED) is 0.0128. The van der Waals surface area contributed by atoms with Crippen molar-refractivity contribution in [3.63, 3.8) is 0 Å². The Morgan fingerprint density at radius 1 is 0.595 bits per heavy atom. The maximum atomic E-state index is 13.2. The zero-order valence-electron chi connectivity index (χ0n) is 45.0. The molecule has 0 saturated carbocycles. The highest BCUT2D eigenvalue weighted by atomic mass is 16.6. The van der Waals surface area contributed by atoms with Gasteiger partial charge in [-0.15, -0.1) is 0 Å². The number of phenols is 1. The Hall–Kier alpha value is -7.56. The Bertz CT molecular complexity index is 2630. The third-order valence-electron chi connectivity index (χ3n) is 10.3. The van der Waals surface area contributed by atoms with Crippen LogP contribution in [0.1, 0.15) is 130 Å². The Morgan fingerprint density at radius 2 is 0.986 bits per heavy atom. The lowest BCUT2D eigenvalue weighted by Gasteiger charge is -2.20. The summed E-state index contributed by atoms with van der Waals surface area (Å²) < 4.78 is 27.3. The van der Waals surface area contributed by atoms with Crippen molar-refractivity contribution in [3.8, 4) is 5.75 Å². The summed E-state index contributed by atoms with van der Waals surface area (Å²) in [6, 6.07) is 17.9. The van der Waals surface area contributed by atoms with Crippen molar-refractivity contribution >= 4 is 76.9 Å². The fourth-order valence-corrected chi connectivity index (χ4v) is 6.29. The molecule has 398 valence electrons. The normalized spacial score (nSPS) is 12.1. The Labute approximate surface area is 435 Å². The first-order valence-corrected chi connectivity index (χ1v) is 24.7. The smallest absolute Gasteiger partial charge is 0.345 e. The Kier molecular flexibility index (Phi) is 21.5. The second kappa shape index (κ2) is 26.9. The molecule has 74 heavy (non-hydrogen) atoms. The summed E-state index contributed by atoms with van der Waals surface area (Å²) in [4.78, 5) is 79.4. The number of nitrogens with one attached hydrogen (secondary N) is 3. The first-order chi connectivity index (χ1) is 34.7. The van der Waals surface area contributed by atoms with E-state index in [9.17, 15) is 29.1 Å². The number of carbonyl (C=O) groups excluding carboxylic acids is 5. The summed E-state index contributed by atoms with van der Waals surface area (Å²) >= 11 is 0. The van der Waals surface area contributed by atoms with Gasteiger partial charge in [0, 0.05) is 23.1 Å². The van der Waals surface area contributed by atoms with Gasteiger partial charge in [-0.2, -0.15) is 15.0 Å². The van der Waals surface area contributed by atoms with Crippen LogP contribution in [0.15, 0.2) is 90.0 Å². The number of hydrogen-bond acceptors (Lipinski definition) is 17. The summed E-state index contributed by atoms with van der Waals surface area (Å²) in [5, 5.41) is 20.4. The van der Waals surface area contributed by atoms with Crippen LogP contribution in [0, 0.1) is 22.2 Å². The Morgan fingerprint density at radius 3 is 1.35 bits per heavy atom. The fraction of sp³-hybridized carbons (Fsp3) is 0.439. The standard InChI is InChI=1S/C57H74N6O11/c1-14-16-17-37(15-2)32-71-47(65)43-27-26-42(30-46(43)64)60-54-62-52(58-40-22-18-38(19-23-40)28-44(48(66)70-31-36(3)4)49(67)72-33-55(5,6)7)61-53(63-54)59-41-24-20-39(21-25-41)29-45(50(68)73-34-56(8,9)10)51(69)74-35-57(11,12)13/h18-30,37,64H,3,14-17,31-35H2,1-2,4-13H3,(H3,58,59,60,61,62,63)/b44-28+. The molecular formula is C57H74N6O11. The first-order valence-electron chi connectivity index (χ1n) is 24.7. The predicted molar refractivity (Wildman–Crippen MR) is 287 cm³/mol.